The van der Waals surface area contributed by atoms with Crippen molar-refractivity contribution < 1.29 is 14.7 Å². The van der Waals surface area contributed by atoms with Gasteiger partial charge in [-0.1, -0.05) is 42.5 Å². The van der Waals surface area contributed by atoms with Gasteiger partial charge in [-0.2, -0.15) is 0 Å². The maximum Gasteiger partial charge on any atom is 0.326 e. The first-order valence-corrected chi connectivity index (χ1v) is 9.25. The molecule has 1 aliphatic carbocycles. The van der Waals surface area contributed by atoms with Crippen LogP contribution >= 0.6 is 23.2 Å². The molecule has 0 saturated heterocycles. The van der Waals surface area contributed by atoms with Crippen molar-refractivity contribution in [1.29, 1.82) is 0 Å². The Hall–Kier alpha value is -1.66. The highest BCUT2D eigenvalue weighted by molar-refractivity contribution is 6.35. The van der Waals surface area contributed by atoms with Gasteiger partial charge in [0.2, 0.25) is 0 Å². The van der Waals surface area contributed by atoms with Crippen LogP contribution in [0, 0.1) is 0 Å². The van der Waals surface area contributed by atoms with Gasteiger partial charge in [-0.05, 0) is 25.0 Å². The molecule has 25 heavy (non-hydrogen) atoms. The SMILES string of the molecule is O=C(NC1CCCCC1)NC1CC(C(=O)O)Nc2cc(Cl)cc(Cl)c21. The summed E-state index contributed by atoms with van der Waals surface area (Å²) in [5, 5.41) is 19.0. The predicted molar refractivity (Wildman–Crippen MR) is 97.4 cm³/mol. The standard InChI is InChI=1S/C17H21Cl2N3O3/c18-9-6-11(19)15-12(7-9)21-14(16(23)24)8-13(15)22-17(25)20-10-4-2-1-3-5-10/h6-7,10,13-14,21H,1-5,8H2,(H,23,24)(H2,20,22,25). The lowest BCUT2D eigenvalue weighted by atomic mass is 9.92. The number of halogens is 2. The molecule has 1 saturated carbocycles. The Morgan fingerprint density at radius 3 is 2.52 bits per heavy atom. The van der Waals surface area contributed by atoms with Crippen molar-refractivity contribution in [1.82, 2.24) is 10.6 Å². The van der Waals surface area contributed by atoms with Gasteiger partial charge in [0, 0.05) is 33.8 Å². The lowest BCUT2D eigenvalue weighted by molar-refractivity contribution is -0.138. The van der Waals surface area contributed by atoms with E-state index in [0.29, 0.717) is 21.3 Å². The molecule has 1 aromatic carbocycles. The number of hydrogen-bond donors (Lipinski definition) is 4. The summed E-state index contributed by atoms with van der Waals surface area (Å²) in [6.45, 7) is 0. The van der Waals surface area contributed by atoms with Crippen LogP contribution < -0.4 is 16.0 Å². The molecule has 1 aliphatic heterocycles. The van der Waals surface area contributed by atoms with Crippen LogP contribution in [0.15, 0.2) is 12.1 Å². The highest BCUT2D eigenvalue weighted by atomic mass is 35.5. The lowest BCUT2D eigenvalue weighted by Crippen LogP contribution is -2.47. The number of carbonyl (C=O) groups is 2. The molecule has 2 atom stereocenters. The van der Waals surface area contributed by atoms with E-state index < -0.39 is 18.1 Å². The maximum absolute atomic E-state index is 12.4. The molecule has 0 spiro atoms. The second-order valence-electron chi connectivity index (χ2n) is 6.63. The smallest absolute Gasteiger partial charge is 0.326 e. The Bertz CT molecular complexity index is 677. The summed E-state index contributed by atoms with van der Waals surface area (Å²) in [5.74, 6) is -0.985. The molecular formula is C17H21Cl2N3O3. The second kappa shape index (κ2) is 7.70. The Morgan fingerprint density at radius 2 is 1.84 bits per heavy atom. The van der Waals surface area contributed by atoms with Crippen LogP contribution in [0.1, 0.15) is 50.1 Å². The van der Waals surface area contributed by atoms with Crippen molar-refractivity contribution in [3.8, 4) is 0 Å². The van der Waals surface area contributed by atoms with Crippen molar-refractivity contribution in [3.63, 3.8) is 0 Å². The monoisotopic (exact) mass is 385 g/mol. The first-order valence-electron chi connectivity index (χ1n) is 8.49. The van der Waals surface area contributed by atoms with E-state index in [0.717, 1.165) is 25.7 Å². The number of carboxylic acid groups (broad SMARTS) is 1. The van der Waals surface area contributed by atoms with Gasteiger partial charge in [-0.3, -0.25) is 0 Å². The van der Waals surface area contributed by atoms with E-state index in [-0.39, 0.29) is 18.5 Å². The molecule has 0 aromatic heterocycles. The normalized spacial score (nSPS) is 23.3. The second-order valence-corrected chi connectivity index (χ2v) is 7.47. The molecule has 2 aliphatic rings. The molecule has 6 nitrogen and oxygen atoms in total. The first kappa shape index (κ1) is 18.1. The van der Waals surface area contributed by atoms with Gasteiger partial charge >= 0.3 is 12.0 Å². The summed E-state index contributed by atoms with van der Waals surface area (Å²) < 4.78 is 0. The molecular weight excluding hydrogens is 365 g/mol. The minimum Gasteiger partial charge on any atom is -0.480 e. The zero-order chi connectivity index (χ0) is 18.0. The average molecular weight is 386 g/mol. The molecule has 1 aromatic rings. The van der Waals surface area contributed by atoms with E-state index in [9.17, 15) is 14.7 Å². The Morgan fingerprint density at radius 1 is 1.12 bits per heavy atom. The topological polar surface area (TPSA) is 90.5 Å². The van der Waals surface area contributed by atoms with Crippen LogP contribution in [-0.2, 0) is 4.79 Å². The van der Waals surface area contributed by atoms with Gasteiger partial charge in [0.25, 0.3) is 0 Å². The average Bonchev–Trinajstić information content (AvgIpc) is 2.54. The Labute approximate surface area is 156 Å². The van der Waals surface area contributed by atoms with Crippen LogP contribution in [0.5, 0.6) is 0 Å². The molecule has 2 amide bonds. The minimum atomic E-state index is -0.985. The van der Waals surface area contributed by atoms with Crippen LogP contribution in [0.4, 0.5) is 10.5 Å². The lowest BCUT2D eigenvalue weighted by Gasteiger charge is -2.33. The molecule has 0 radical (unpaired) electrons. The van der Waals surface area contributed by atoms with E-state index in [1.165, 1.54) is 6.42 Å². The van der Waals surface area contributed by atoms with E-state index in [1.54, 1.807) is 12.1 Å². The molecule has 4 N–H and O–H groups in total. The number of rotatable bonds is 3. The van der Waals surface area contributed by atoms with Gasteiger partial charge in [-0.25, -0.2) is 9.59 Å². The molecule has 136 valence electrons. The molecule has 3 rings (SSSR count). The van der Waals surface area contributed by atoms with Gasteiger partial charge in [-0.15, -0.1) is 0 Å². The summed E-state index contributed by atoms with van der Waals surface area (Å²) in [6, 6.07) is 1.79. The zero-order valence-corrected chi connectivity index (χ0v) is 15.2. The van der Waals surface area contributed by atoms with Gasteiger partial charge in [0.05, 0.1) is 6.04 Å². The number of fused-ring (bicyclic) bond motifs is 1. The highest BCUT2D eigenvalue weighted by Crippen LogP contribution is 2.39. The third-order valence-corrected chi connectivity index (χ3v) is 5.32. The summed E-state index contributed by atoms with van der Waals surface area (Å²) in [6.07, 6.45) is 5.60. The number of urea groups is 1. The number of carbonyl (C=O) groups excluding carboxylic acids is 1. The number of amides is 2. The van der Waals surface area contributed by atoms with Crippen molar-refractivity contribution >= 4 is 40.9 Å². The molecule has 8 heteroatoms. The fourth-order valence-corrected chi connectivity index (χ4v) is 4.21. The van der Waals surface area contributed by atoms with E-state index >= 15 is 0 Å². The molecule has 0 bridgehead atoms. The Kier molecular flexibility index (Phi) is 5.59. The van der Waals surface area contributed by atoms with Crippen molar-refractivity contribution in [2.24, 2.45) is 0 Å². The number of carboxylic acids is 1. The van der Waals surface area contributed by atoms with Crippen molar-refractivity contribution in [2.75, 3.05) is 5.32 Å². The van der Waals surface area contributed by atoms with Gasteiger partial charge in [0.15, 0.2) is 0 Å². The third-order valence-electron chi connectivity index (χ3n) is 4.79. The van der Waals surface area contributed by atoms with Crippen molar-refractivity contribution in [3.05, 3.63) is 27.7 Å². The summed E-state index contributed by atoms with van der Waals surface area (Å²) in [5.41, 5.74) is 1.21. The molecule has 2 unspecified atom stereocenters. The number of hydrogen-bond acceptors (Lipinski definition) is 3. The zero-order valence-electron chi connectivity index (χ0n) is 13.6. The van der Waals surface area contributed by atoms with Gasteiger partial charge < -0.3 is 21.1 Å². The fourth-order valence-electron chi connectivity index (χ4n) is 3.58. The van der Waals surface area contributed by atoms with Crippen LogP contribution in [0.2, 0.25) is 10.0 Å². The summed E-state index contributed by atoms with van der Waals surface area (Å²) >= 11 is 12.3. The van der Waals surface area contributed by atoms with Crippen LogP contribution in [0.3, 0.4) is 0 Å². The van der Waals surface area contributed by atoms with Gasteiger partial charge in [0.1, 0.15) is 6.04 Å². The van der Waals surface area contributed by atoms with Crippen molar-refractivity contribution in [2.45, 2.75) is 56.7 Å². The fraction of sp³-hybridized carbons (Fsp3) is 0.529. The predicted octanol–water partition coefficient (Wildman–Crippen LogP) is 3.94. The summed E-state index contributed by atoms with van der Waals surface area (Å²) in [7, 11) is 0. The largest absolute Gasteiger partial charge is 0.480 e. The molecule has 1 heterocycles. The van der Waals surface area contributed by atoms with Crippen LogP contribution in [0.25, 0.3) is 0 Å². The minimum absolute atomic E-state index is 0.172. The quantitative estimate of drug-likeness (QED) is 0.634. The van der Waals surface area contributed by atoms with E-state index in [4.69, 9.17) is 23.2 Å². The maximum atomic E-state index is 12.4. The number of benzene rings is 1. The number of anilines is 1. The highest BCUT2D eigenvalue weighted by Gasteiger charge is 2.33. The number of nitrogens with one attached hydrogen (secondary N) is 3. The number of aliphatic carboxylic acids is 1. The summed E-state index contributed by atoms with van der Waals surface area (Å²) in [4.78, 5) is 23.8. The Balaban J connectivity index is 1.77. The first-order chi connectivity index (χ1) is 11.9. The van der Waals surface area contributed by atoms with E-state index in [1.807, 2.05) is 0 Å². The van der Waals surface area contributed by atoms with Crippen LogP contribution in [-0.4, -0.2) is 29.2 Å². The molecule has 1 fully saturated rings. The third kappa shape index (κ3) is 4.30. The van der Waals surface area contributed by atoms with E-state index in [2.05, 4.69) is 16.0 Å².